The lowest BCUT2D eigenvalue weighted by atomic mass is 10.2. The molecule has 0 atom stereocenters. The van der Waals surface area contributed by atoms with Gasteiger partial charge in [-0.2, -0.15) is 0 Å². The van der Waals surface area contributed by atoms with Crippen molar-refractivity contribution in [2.24, 2.45) is 0 Å². The molecule has 0 aliphatic carbocycles. The van der Waals surface area contributed by atoms with Crippen LogP contribution in [0.15, 0.2) is 45.5 Å². The molecule has 0 bridgehead atoms. The Bertz CT molecular complexity index is 436. The van der Waals surface area contributed by atoms with Gasteiger partial charge >= 0.3 is 0 Å². The van der Waals surface area contributed by atoms with Crippen LogP contribution in [0.4, 0.5) is 4.39 Å². The van der Waals surface area contributed by atoms with Gasteiger partial charge in [-0.25, -0.2) is 4.39 Å². The number of rotatable bonds is 4. The summed E-state index contributed by atoms with van der Waals surface area (Å²) in [6.07, 6.45) is 1.63. The van der Waals surface area contributed by atoms with Gasteiger partial charge in [-0.05, 0) is 35.9 Å². The zero-order valence-corrected chi connectivity index (χ0v) is 10.1. The van der Waals surface area contributed by atoms with Gasteiger partial charge in [-0.3, -0.25) is 0 Å². The Morgan fingerprint density at radius 3 is 2.81 bits per heavy atom. The quantitative estimate of drug-likeness (QED) is 0.930. The van der Waals surface area contributed by atoms with Crippen LogP contribution in [-0.4, -0.2) is 0 Å². The number of nitrogens with one attached hydrogen (secondary N) is 1. The SMILES string of the molecule is Fc1cc(Br)cc(CNCc2ccco2)c1. The van der Waals surface area contributed by atoms with Gasteiger partial charge in [0.2, 0.25) is 0 Å². The summed E-state index contributed by atoms with van der Waals surface area (Å²) >= 11 is 3.26. The van der Waals surface area contributed by atoms with Crippen LogP contribution < -0.4 is 5.32 Å². The van der Waals surface area contributed by atoms with Crippen molar-refractivity contribution in [1.82, 2.24) is 5.32 Å². The van der Waals surface area contributed by atoms with Gasteiger partial charge in [0.05, 0.1) is 12.8 Å². The van der Waals surface area contributed by atoms with Gasteiger partial charge in [0, 0.05) is 11.0 Å². The number of furan rings is 1. The third-order valence-corrected chi connectivity index (χ3v) is 2.59. The third-order valence-electron chi connectivity index (χ3n) is 2.13. The summed E-state index contributed by atoms with van der Waals surface area (Å²) in [5, 5.41) is 3.18. The first-order valence-corrected chi connectivity index (χ1v) is 5.71. The average molecular weight is 284 g/mol. The molecular formula is C12H11BrFNO. The molecule has 0 spiro atoms. The topological polar surface area (TPSA) is 25.2 Å². The summed E-state index contributed by atoms with van der Waals surface area (Å²) in [6, 6.07) is 8.58. The zero-order valence-electron chi connectivity index (χ0n) is 8.54. The van der Waals surface area contributed by atoms with E-state index >= 15 is 0 Å². The first-order valence-electron chi connectivity index (χ1n) is 4.92. The van der Waals surface area contributed by atoms with Crippen molar-refractivity contribution in [3.63, 3.8) is 0 Å². The van der Waals surface area contributed by atoms with Crippen LogP contribution in [-0.2, 0) is 13.1 Å². The van der Waals surface area contributed by atoms with Gasteiger partial charge in [0.1, 0.15) is 11.6 Å². The highest BCUT2D eigenvalue weighted by Crippen LogP contribution is 2.14. The van der Waals surface area contributed by atoms with Crippen LogP contribution >= 0.6 is 15.9 Å². The Morgan fingerprint density at radius 1 is 1.25 bits per heavy atom. The Kier molecular flexibility index (Phi) is 3.74. The standard InChI is InChI=1S/C12H11BrFNO/c13-10-4-9(5-11(14)6-10)7-15-8-12-2-1-3-16-12/h1-6,15H,7-8H2. The second-order valence-corrected chi connectivity index (χ2v) is 4.38. The van der Waals surface area contributed by atoms with Crippen molar-refractivity contribution in [2.45, 2.75) is 13.1 Å². The molecule has 0 amide bonds. The molecule has 4 heteroatoms. The Morgan fingerprint density at radius 2 is 2.12 bits per heavy atom. The van der Waals surface area contributed by atoms with Crippen LogP contribution in [0, 0.1) is 5.82 Å². The molecular weight excluding hydrogens is 273 g/mol. The van der Waals surface area contributed by atoms with Gasteiger partial charge in [-0.1, -0.05) is 15.9 Å². The smallest absolute Gasteiger partial charge is 0.124 e. The lowest BCUT2D eigenvalue weighted by molar-refractivity contribution is 0.482. The highest BCUT2D eigenvalue weighted by molar-refractivity contribution is 9.10. The third kappa shape index (κ3) is 3.18. The Balaban J connectivity index is 1.89. The molecule has 84 valence electrons. The van der Waals surface area contributed by atoms with E-state index in [0.717, 1.165) is 15.8 Å². The van der Waals surface area contributed by atoms with E-state index in [1.54, 1.807) is 6.26 Å². The van der Waals surface area contributed by atoms with Gasteiger partial charge in [-0.15, -0.1) is 0 Å². The van der Waals surface area contributed by atoms with Crippen LogP contribution in [0.1, 0.15) is 11.3 Å². The summed E-state index contributed by atoms with van der Waals surface area (Å²) in [5.74, 6) is 0.639. The van der Waals surface area contributed by atoms with Crippen LogP contribution in [0.25, 0.3) is 0 Å². The van der Waals surface area contributed by atoms with E-state index in [9.17, 15) is 4.39 Å². The molecule has 1 aromatic carbocycles. The van der Waals surface area contributed by atoms with Crippen molar-refractivity contribution < 1.29 is 8.81 Å². The number of halogens is 2. The van der Waals surface area contributed by atoms with E-state index in [4.69, 9.17) is 4.42 Å². The van der Waals surface area contributed by atoms with Crippen molar-refractivity contribution in [2.75, 3.05) is 0 Å². The number of hydrogen-bond acceptors (Lipinski definition) is 2. The van der Waals surface area contributed by atoms with Crippen molar-refractivity contribution in [1.29, 1.82) is 0 Å². The molecule has 0 fully saturated rings. The molecule has 1 aromatic heterocycles. The van der Waals surface area contributed by atoms with Gasteiger partial charge < -0.3 is 9.73 Å². The fourth-order valence-corrected chi connectivity index (χ4v) is 1.97. The summed E-state index contributed by atoms with van der Waals surface area (Å²) in [6.45, 7) is 1.25. The monoisotopic (exact) mass is 283 g/mol. The molecule has 0 aliphatic heterocycles. The molecule has 0 radical (unpaired) electrons. The van der Waals surface area contributed by atoms with Crippen molar-refractivity contribution in [3.8, 4) is 0 Å². The van der Waals surface area contributed by atoms with E-state index < -0.39 is 0 Å². The predicted octanol–water partition coefficient (Wildman–Crippen LogP) is 3.47. The molecule has 16 heavy (non-hydrogen) atoms. The molecule has 1 heterocycles. The van der Waals surface area contributed by atoms with E-state index in [-0.39, 0.29) is 5.82 Å². The van der Waals surface area contributed by atoms with Crippen LogP contribution in [0.5, 0.6) is 0 Å². The van der Waals surface area contributed by atoms with E-state index in [2.05, 4.69) is 21.2 Å². The molecule has 0 saturated carbocycles. The van der Waals surface area contributed by atoms with E-state index in [0.29, 0.717) is 13.1 Å². The number of hydrogen-bond donors (Lipinski definition) is 1. The second-order valence-electron chi connectivity index (χ2n) is 3.46. The zero-order chi connectivity index (χ0) is 11.4. The molecule has 1 N–H and O–H groups in total. The second kappa shape index (κ2) is 5.27. The fraction of sp³-hybridized carbons (Fsp3) is 0.167. The van der Waals surface area contributed by atoms with E-state index in [1.165, 1.54) is 12.1 Å². The van der Waals surface area contributed by atoms with Gasteiger partial charge in [0.25, 0.3) is 0 Å². The molecule has 2 aromatic rings. The first kappa shape index (κ1) is 11.4. The first-order chi connectivity index (χ1) is 7.74. The maximum absolute atomic E-state index is 13.1. The average Bonchev–Trinajstić information content (AvgIpc) is 2.69. The van der Waals surface area contributed by atoms with E-state index in [1.807, 2.05) is 18.2 Å². The van der Waals surface area contributed by atoms with Crippen LogP contribution in [0.3, 0.4) is 0 Å². The molecule has 0 aliphatic rings. The minimum Gasteiger partial charge on any atom is -0.468 e. The van der Waals surface area contributed by atoms with Crippen molar-refractivity contribution >= 4 is 15.9 Å². The maximum Gasteiger partial charge on any atom is 0.124 e. The van der Waals surface area contributed by atoms with Gasteiger partial charge in [0.15, 0.2) is 0 Å². The highest BCUT2D eigenvalue weighted by atomic mass is 79.9. The summed E-state index contributed by atoms with van der Waals surface area (Å²) in [7, 11) is 0. The molecule has 0 unspecified atom stereocenters. The van der Waals surface area contributed by atoms with Crippen molar-refractivity contribution in [3.05, 3.63) is 58.2 Å². The number of benzene rings is 1. The molecule has 2 rings (SSSR count). The minimum absolute atomic E-state index is 0.232. The fourth-order valence-electron chi connectivity index (χ4n) is 1.46. The maximum atomic E-state index is 13.1. The highest BCUT2D eigenvalue weighted by Gasteiger charge is 2.00. The Labute approximate surface area is 102 Å². The lowest BCUT2D eigenvalue weighted by Crippen LogP contribution is -2.12. The summed E-state index contributed by atoms with van der Waals surface area (Å²) in [4.78, 5) is 0. The van der Waals surface area contributed by atoms with Crippen LogP contribution in [0.2, 0.25) is 0 Å². The lowest BCUT2D eigenvalue weighted by Gasteiger charge is -2.04. The largest absolute Gasteiger partial charge is 0.468 e. The molecule has 2 nitrogen and oxygen atoms in total. The summed E-state index contributed by atoms with van der Waals surface area (Å²) < 4.78 is 19.0. The minimum atomic E-state index is -0.232. The Hall–Kier alpha value is -1.13. The summed E-state index contributed by atoms with van der Waals surface area (Å²) in [5.41, 5.74) is 0.901. The normalized spacial score (nSPS) is 10.6. The predicted molar refractivity (Wildman–Crippen MR) is 63.4 cm³/mol. The molecule has 0 saturated heterocycles.